The molecule has 0 fully saturated rings. The van der Waals surface area contributed by atoms with Gasteiger partial charge in [0.15, 0.2) is 0 Å². The van der Waals surface area contributed by atoms with Gasteiger partial charge in [-0.05, 0) is 24.6 Å². The Morgan fingerprint density at radius 2 is 2.25 bits per heavy atom. The average molecular weight is 267 g/mol. The Balaban J connectivity index is 2.27. The molecule has 1 aromatic heterocycles. The van der Waals surface area contributed by atoms with Crippen LogP contribution >= 0.6 is 0 Å². The van der Waals surface area contributed by atoms with Gasteiger partial charge in [0, 0.05) is 18.0 Å². The van der Waals surface area contributed by atoms with Crippen molar-refractivity contribution in [3.05, 3.63) is 53.6 Å². The van der Waals surface area contributed by atoms with Gasteiger partial charge in [0.2, 0.25) is 0 Å². The molecule has 5 nitrogen and oxygen atoms in total. The molecule has 0 aliphatic rings. The van der Waals surface area contributed by atoms with E-state index in [9.17, 15) is 4.79 Å². The summed E-state index contributed by atoms with van der Waals surface area (Å²) < 4.78 is 0. The molecule has 0 atom stereocenters. The highest BCUT2D eigenvalue weighted by Crippen LogP contribution is 2.17. The lowest BCUT2D eigenvalue weighted by molar-refractivity contribution is 0.102. The number of hydrogen-bond acceptors (Lipinski definition) is 4. The summed E-state index contributed by atoms with van der Waals surface area (Å²) >= 11 is 0. The molecular formula is C15H13N3O2. The quantitative estimate of drug-likeness (QED) is 0.806. The number of aliphatic hydroxyl groups is 1. The number of hydrogen-bond donors (Lipinski definition) is 2. The van der Waals surface area contributed by atoms with Crippen LogP contribution in [0.25, 0.3) is 0 Å². The Morgan fingerprint density at radius 3 is 2.95 bits per heavy atom. The minimum absolute atomic E-state index is 0.231. The van der Waals surface area contributed by atoms with E-state index in [-0.39, 0.29) is 18.2 Å². The Hall–Kier alpha value is -2.71. The van der Waals surface area contributed by atoms with Crippen LogP contribution in [0.15, 0.2) is 36.8 Å². The predicted molar refractivity (Wildman–Crippen MR) is 75.1 cm³/mol. The van der Waals surface area contributed by atoms with Crippen molar-refractivity contribution in [3.8, 4) is 11.8 Å². The molecule has 0 bridgehead atoms. The fourth-order valence-corrected chi connectivity index (χ4v) is 1.61. The number of nitrogens with zero attached hydrogens (tertiary/aromatic N) is 2. The predicted octanol–water partition coefficient (Wildman–Crippen LogP) is 1.38. The zero-order valence-corrected chi connectivity index (χ0v) is 10.9. The summed E-state index contributed by atoms with van der Waals surface area (Å²) in [5, 5.41) is 11.5. The molecule has 0 saturated heterocycles. The molecule has 0 unspecified atom stereocenters. The van der Waals surface area contributed by atoms with Crippen LogP contribution in [0.4, 0.5) is 5.69 Å². The van der Waals surface area contributed by atoms with Crippen LogP contribution in [0.5, 0.6) is 0 Å². The third-order valence-corrected chi connectivity index (χ3v) is 2.52. The van der Waals surface area contributed by atoms with Gasteiger partial charge >= 0.3 is 0 Å². The van der Waals surface area contributed by atoms with Gasteiger partial charge in [-0.3, -0.25) is 9.78 Å². The van der Waals surface area contributed by atoms with Gasteiger partial charge < -0.3 is 10.4 Å². The van der Waals surface area contributed by atoms with E-state index >= 15 is 0 Å². The van der Waals surface area contributed by atoms with E-state index in [0.717, 1.165) is 5.56 Å². The van der Waals surface area contributed by atoms with Crippen LogP contribution in [-0.4, -0.2) is 27.6 Å². The van der Waals surface area contributed by atoms with Crippen molar-refractivity contribution in [2.45, 2.75) is 6.92 Å². The number of aromatic nitrogens is 2. The maximum Gasteiger partial charge on any atom is 0.275 e. The number of nitrogens with one attached hydrogen (secondary N) is 1. The minimum Gasteiger partial charge on any atom is -0.384 e. The normalized spacial score (nSPS) is 9.50. The van der Waals surface area contributed by atoms with Crippen molar-refractivity contribution in [2.75, 3.05) is 11.9 Å². The second-order valence-electron chi connectivity index (χ2n) is 4.05. The number of rotatable bonds is 2. The lowest BCUT2D eigenvalue weighted by Crippen LogP contribution is -2.14. The fraction of sp³-hybridized carbons (Fsp3) is 0.133. The summed E-state index contributed by atoms with van der Waals surface area (Å²) in [5.41, 5.74) is 2.47. The second-order valence-corrected chi connectivity index (χ2v) is 4.05. The van der Waals surface area contributed by atoms with Crippen molar-refractivity contribution < 1.29 is 9.90 Å². The number of aliphatic hydroxyl groups excluding tert-OH is 1. The van der Waals surface area contributed by atoms with Gasteiger partial charge in [-0.25, -0.2) is 4.98 Å². The highest BCUT2D eigenvalue weighted by molar-refractivity contribution is 6.03. The van der Waals surface area contributed by atoms with Gasteiger partial charge in [0.1, 0.15) is 12.3 Å². The van der Waals surface area contributed by atoms with E-state index in [1.807, 2.05) is 19.1 Å². The molecule has 1 aromatic carbocycles. The van der Waals surface area contributed by atoms with Crippen LogP contribution in [-0.2, 0) is 0 Å². The van der Waals surface area contributed by atoms with Crippen molar-refractivity contribution >= 4 is 11.6 Å². The van der Waals surface area contributed by atoms with Gasteiger partial charge in [0.05, 0.1) is 11.9 Å². The molecule has 0 aliphatic heterocycles. The molecule has 20 heavy (non-hydrogen) atoms. The van der Waals surface area contributed by atoms with Crippen molar-refractivity contribution in [2.24, 2.45) is 0 Å². The van der Waals surface area contributed by atoms with Crippen molar-refractivity contribution in [1.82, 2.24) is 9.97 Å². The molecule has 0 aliphatic carbocycles. The van der Waals surface area contributed by atoms with Crippen molar-refractivity contribution in [3.63, 3.8) is 0 Å². The van der Waals surface area contributed by atoms with E-state index in [0.29, 0.717) is 11.3 Å². The van der Waals surface area contributed by atoms with Gasteiger partial charge in [0.25, 0.3) is 5.91 Å². The number of carbonyl (C=O) groups excluding carboxylic acids is 1. The highest BCUT2D eigenvalue weighted by atomic mass is 16.2. The molecule has 1 amide bonds. The zero-order chi connectivity index (χ0) is 14.4. The largest absolute Gasteiger partial charge is 0.384 e. The number of benzene rings is 1. The van der Waals surface area contributed by atoms with Gasteiger partial charge in [-0.2, -0.15) is 0 Å². The molecule has 2 N–H and O–H groups in total. The molecule has 1 heterocycles. The van der Waals surface area contributed by atoms with E-state index in [1.165, 1.54) is 18.6 Å². The molecule has 2 aromatic rings. The highest BCUT2D eigenvalue weighted by Gasteiger charge is 2.09. The third kappa shape index (κ3) is 3.40. The molecule has 5 heteroatoms. The zero-order valence-electron chi connectivity index (χ0n) is 10.9. The maximum absolute atomic E-state index is 12.0. The SMILES string of the molecule is Cc1ccc(NC(=O)c2cnccn2)c(C#CCO)c1. The molecule has 0 saturated carbocycles. The first kappa shape index (κ1) is 13.7. The number of aryl methyl sites for hydroxylation is 1. The van der Waals surface area contributed by atoms with E-state index in [1.54, 1.807) is 6.07 Å². The lowest BCUT2D eigenvalue weighted by Gasteiger charge is -2.07. The summed E-state index contributed by atoms with van der Waals surface area (Å²) in [6.07, 6.45) is 4.35. The first-order chi connectivity index (χ1) is 9.70. The third-order valence-electron chi connectivity index (χ3n) is 2.52. The summed E-state index contributed by atoms with van der Waals surface area (Å²) in [6.45, 7) is 1.70. The van der Waals surface area contributed by atoms with Crippen molar-refractivity contribution in [1.29, 1.82) is 0 Å². The summed E-state index contributed by atoms with van der Waals surface area (Å²) in [7, 11) is 0. The van der Waals surface area contributed by atoms with E-state index in [4.69, 9.17) is 5.11 Å². The van der Waals surface area contributed by atoms with Crippen LogP contribution in [0.2, 0.25) is 0 Å². The van der Waals surface area contributed by atoms with Crippen LogP contribution in [0.1, 0.15) is 21.6 Å². The topological polar surface area (TPSA) is 75.1 Å². The number of anilines is 1. The first-order valence-electron chi connectivity index (χ1n) is 5.98. The first-order valence-corrected chi connectivity index (χ1v) is 5.98. The summed E-state index contributed by atoms with van der Waals surface area (Å²) in [5.74, 6) is 5.03. The monoisotopic (exact) mass is 267 g/mol. The smallest absolute Gasteiger partial charge is 0.275 e. The number of amides is 1. The Bertz CT molecular complexity index is 673. The molecule has 0 radical (unpaired) electrons. The van der Waals surface area contributed by atoms with Crippen LogP contribution < -0.4 is 5.32 Å². The van der Waals surface area contributed by atoms with E-state index in [2.05, 4.69) is 27.1 Å². The molecule has 2 rings (SSSR count). The van der Waals surface area contributed by atoms with Gasteiger partial charge in [-0.1, -0.05) is 17.9 Å². The molecule has 0 spiro atoms. The fourth-order valence-electron chi connectivity index (χ4n) is 1.61. The van der Waals surface area contributed by atoms with Crippen LogP contribution in [0, 0.1) is 18.8 Å². The Morgan fingerprint density at radius 1 is 1.40 bits per heavy atom. The standard InChI is InChI=1S/C15H13N3O2/c1-11-4-5-13(12(9-11)3-2-8-19)18-15(20)14-10-16-6-7-17-14/h4-7,9-10,19H,8H2,1H3,(H,18,20). The minimum atomic E-state index is -0.353. The number of carbonyl (C=O) groups is 1. The Kier molecular flexibility index (Phi) is 4.43. The van der Waals surface area contributed by atoms with E-state index < -0.39 is 0 Å². The average Bonchev–Trinajstić information content (AvgIpc) is 2.48. The molecular weight excluding hydrogens is 254 g/mol. The van der Waals surface area contributed by atoms with Gasteiger partial charge in [-0.15, -0.1) is 0 Å². The second kappa shape index (κ2) is 6.45. The Labute approximate surface area is 116 Å². The molecule has 100 valence electrons. The maximum atomic E-state index is 12.0. The van der Waals surface area contributed by atoms with Crippen LogP contribution in [0.3, 0.4) is 0 Å². The summed E-state index contributed by atoms with van der Waals surface area (Å²) in [6, 6.07) is 5.48. The summed E-state index contributed by atoms with van der Waals surface area (Å²) in [4.78, 5) is 19.8. The lowest BCUT2D eigenvalue weighted by atomic mass is 10.1.